The summed E-state index contributed by atoms with van der Waals surface area (Å²) < 4.78 is 37.2. The molecule has 0 aromatic heterocycles. The number of aliphatic hydroxyl groups is 1. The molecule has 20 heavy (non-hydrogen) atoms. The summed E-state index contributed by atoms with van der Waals surface area (Å²) in [6, 6.07) is 9.78. The van der Waals surface area contributed by atoms with Crippen molar-refractivity contribution in [1.29, 1.82) is 0 Å². The quantitative estimate of drug-likeness (QED) is 0.920. The van der Waals surface area contributed by atoms with Gasteiger partial charge < -0.3 is 5.11 Å². The molecule has 1 saturated heterocycles. The summed E-state index contributed by atoms with van der Waals surface area (Å²) in [5.74, 6) is 0. The van der Waals surface area contributed by atoms with Crippen LogP contribution < -0.4 is 0 Å². The molecule has 2 atom stereocenters. The van der Waals surface area contributed by atoms with Gasteiger partial charge in [0.25, 0.3) is 0 Å². The number of benzene rings is 1. The summed E-state index contributed by atoms with van der Waals surface area (Å²) in [6.07, 6.45) is -6.83. The Morgan fingerprint density at radius 1 is 1.25 bits per heavy atom. The topological polar surface area (TPSA) is 26.7 Å². The molecular weight excluding hydrogens is 269 g/mol. The van der Waals surface area contributed by atoms with Crippen LogP contribution in [0, 0.1) is 0 Å². The first kappa shape index (κ1) is 15.3. The molecule has 0 aliphatic carbocycles. The monoisotopic (exact) mass is 288 g/mol. The van der Waals surface area contributed by atoms with E-state index in [1.54, 1.807) is 4.90 Å². The van der Waals surface area contributed by atoms with Crippen molar-refractivity contribution in [3.05, 3.63) is 35.9 Å². The Hall–Kier alpha value is -1.11. The van der Waals surface area contributed by atoms with Crippen LogP contribution in [0.25, 0.3) is 0 Å². The third-order valence-corrected chi connectivity index (χ3v) is 3.73. The van der Waals surface area contributed by atoms with Crippen molar-refractivity contribution < 1.29 is 18.3 Å². The van der Waals surface area contributed by atoms with Crippen LogP contribution in [0.5, 0.6) is 0 Å². The second-order valence-corrected chi connectivity index (χ2v) is 5.22. The van der Waals surface area contributed by atoms with Gasteiger partial charge in [-0.25, -0.2) is 0 Å². The van der Waals surface area contributed by atoms with Gasteiger partial charge >= 0.3 is 6.18 Å². The highest BCUT2D eigenvalue weighted by molar-refractivity contribution is 5.20. The van der Waals surface area contributed by atoms with Gasteiger partial charge in [0, 0.05) is 32.2 Å². The summed E-state index contributed by atoms with van der Waals surface area (Å²) in [4.78, 5) is 3.81. The average Bonchev–Trinajstić information content (AvgIpc) is 2.41. The molecule has 1 unspecified atom stereocenters. The van der Waals surface area contributed by atoms with Crippen molar-refractivity contribution in [2.24, 2.45) is 0 Å². The highest BCUT2D eigenvalue weighted by atomic mass is 19.4. The summed E-state index contributed by atoms with van der Waals surface area (Å²) in [5.41, 5.74) is 1.08. The first-order chi connectivity index (χ1) is 9.38. The number of nitrogens with zero attached hydrogens (tertiary/aromatic N) is 2. The van der Waals surface area contributed by atoms with Gasteiger partial charge in [-0.3, -0.25) is 9.80 Å². The molecule has 112 valence electrons. The number of β-amino-alcohol motifs (C(OH)–C–C–N with tert-alkyl or cyclic N) is 1. The highest BCUT2D eigenvalue weighted by Crippen LogP contribution is 2.26. The lowest BCUT2D eigenvalue weighted by Crippen LogP contribution is -2.50. The van der Waals surface area contributed by atoms with Crippen LogP contribution in [0.15, 0.2) is 30.3 Å². The first-order valence-electron chi connectivity index (χ1n) is 6.60. The molecule has 1 aromatic rings. The predicted octanol–water partition coefficient (Wildman–Crippen LogP) is 1.90. The Balaban J connectivity index is 2.02. The van der Waals surface area contributed by atoms with Crippen molar-refractivity contribution in [1.82, 2.24) is 9.80 Å². The van der Waals surface area contributed by atoms with Gasteiger partial charge in [0.2, 0.25) is 0 Å². The van der Waals surface area contributed by atoms with E-state index in [0.717, 1.165) is 5.56 Å². The van der Waals surface area contributed by atoms with Gasteiger partial charge in [-0.2, -0.15) is 13.2 Å². The zero-order valence-corrected chi connectivity index (χ0v) is 11.3. The number of aliphatic hydroxyl groups excluding tert-OH is 1. The normalized spacial score (nSPS) is 23.8. The summed E-state index contributed by atoms with van der Waals surface area (Å²) >= 11 is 0. The van der Waals surface area contributed by atoms with Crippen LogP contribution in [0.1, 0.15) is 11.6 Å². The van der Waals surface area contributed by atoms with Crippen molar-refractivity contribution >= 4 is 0 Å². The smallest absolute Gasteiger partial charge is 0.382 e. The van der Waals surface area contributed by atoms with Crippen molar-refractivity contribution in [2.45, 2.75) is 18.3 Å². The fourth-order valence-corrected chi connectivity index (χ4v) is 2.48. The zero-order valence-electron chi connectivity index (χ0n) is 11.3. The largest absolute Gasteiger partial charge is 0.415 e. The molecule has 1 aliphatic heterocycles. The molecule has 1 aliphatic rings. The van der Waals surface area contributed by atoms with Gasteiger partial charge in [-0.05, 0) is 12.6 Å². The fourth-order valence-electron chi connectivity index (χ4n) is 2.48. The number of hydrogen-bond acceptors (Lipinski definition) is 3. The van der Waals surface area contributed by atoms with E-state index in [0.29, 0.717) is 19.6 Å². The number of piperazine rings is 1. The lowest BCUT2D eigenvalue weighted by molar-refractivity contribution is -0.209. The molecule has 0 radical (unpaired) electrons. The van der Waals surface area contributed by atoms with E-state index in [2.05, 4.69) is 4.90 Å². The van der Waals surface area contributed by atoms with Gasteiger partial charge in [0.05, 0.1) is 0 Å². The Morgan fingerprint density at radius 3 is 2.50 bits per heavy atom. The first-order valence-corrected chi connectivity index (χ1v) is 6.60. The van der Waals surface area contributed by atoms with Crippen LogP contribution in [-0.4, -0.2) is 60.4 Å². The summed E-state index contributed by atoms with van der Waals surface area (Å²) in [6.45, 7) is 1.35. The van der Waals surface area contributed by atoms with Crippen molar-refractivity contribution in [3.8, 4) is 0 Å². The SMILES string of the molecule is CN1CCN(C[C@H](O)C(F)(F)F)CC1c1ccccc1. The molecule has 0 amide bonds. The molecule has 2 rings (SSSR count). The van der Waals surface area contributed by atoms with E-state index in [1.807, 2.05) is 37.4 Å². The second kappa shape index (κ2) is 6.11. The molecule has 1 heterocycles. The molecular formula is C14H19F3N2O. The maximum Gasteiger partial charge on any atom is 0.415 e. The maximum atomic E-state index is 12.4. The molecule has 1 fully saturated rings. The Kier molecular flexibility index (Phi) is 4.67. The molecule has 1 N–H and O–H groups in total. The van der Waals surface area contributed by atoms with E-state index in [1.165, 1.54) is 0 Å². The number of alkyl halides is 3. The van der Waals surface area contributed by atoms with E-state index in [-0.39, 0.29) is 12.6 Å². The molecule has 3 nitrogen and oxygen atoms in total. The predicted molar refractivity (Wildman–Crippen MR) is 70.3 cm³/mol. The standard InChI is InChI=1S/C14H19F3N2O/c1-18-7-8-19(10-13(20)14(15,16)17)9-12(18)11-5-3-2-4-6-11/h2-6,12-13,20H,7-10H2,1H3/t12?,13-/m0/s1. The molecule has 0 bridgehead atoms. The minimum absolute atomic E-state index is 0.0605. The maximum absolute atomic E-state index is 12.4. The molecule has 0 spiro atoms. The van der Waals surface area contributed by atoms with E-state index < -0.39 is 12.3 Å². The third-order valence-electron chi connectivity index (χ3n) is 3.73. The highest BCUT2D eigenvalue weighted by Gasteiger charge is 2.40. The van der Waals surface area contributed by atoms with Crippen LogP contribution in [-0.2, 0) is 0 Å². The summed E-state index contributed by atoms with van der Waals surface area (Å²) in [5, 5.41) is 9.18. The van der Waals surface area contributed by atoms with Crippen LogP contribution in [0.3, 0.4) is 0 Å². The molecule has 6 heteroatoms. The van der Waals surface area contributed by atoms with Gasteiger partial charge in [-0.1, -0.05) is 30.3 Å². The molecule has 1 aromatic carbocycles. The number of hydrogen-bond donors (Lipinski definition) is 1. The Bertz CT molecular complexity index is 424. The van der Waals surface area contributed by atoms with Crippen LogP contribution in [0.4, 0.5) is 13.2 Å². The molecule has 0 saturated carbocycles. The average molecular weight is 288 g/mol. The second-order valence-electron chi connectivity index (χ2n) is 5.22. The minimum atomic E-state index is -4.55. The fraction of sp³-hybridized carbons (Fsp3) is 0.571. The lowest BCUT2D eigenvalue weighted by atomic mass is 10.0. The van der Waals surface area contributed by atoms with E-state index in [9.17, 15) is 18.3 Å². The zero-order chi connectivity index (χ0) is 14.8. The van der Waals surface area contributed by atoms with Gasteiger partial charge in [0.15, 0.2) is 6.10 Å². The Morgan fingerprint density at radius 2 is 1.90 bits per heavy atom. The van der Waals surface area contributed by atoms with E-state index >= 15 is 0 Å². The van der Waals surface area contributed by atoms with Crippen LogP contribution in [0.2, 0.25) is 0 Å². The number of likely N-dealkylation sites (N-methyl/N-ethyl adjacent to an activating group) is 1. The third kappa shape index (κ3) is 3.71. The van der Waals surface area contributed by atoms with Crippen molar-refractivity contribution in [2.75, 3.05) is 33.2 Å². The van der Waals surface area contributed by atoms with Crippen molar-refractivity contribution in [3.63, 3.8) is 0 Å². The Labute approximate surface area is 116 Å². The minimum Gasteiger partial charge on any atom is -0.382 e. The number of halogens is 3. The number of rotatable bonds is 3. The lowest BCUT2D eigenvalue weighted by Gasteiger charge is -2.40. The van der Waals surface area contributed by atoms with E-state index in [4.69, 9.17) is 0 Å². The van der Waals surface area contributed by atoms with Gasteiger partial charge in [0.1, 0.15) is 0 Å². The van der Waals surface area contributed by atoms with Crippen LogP contribution >= 0.6 is 0 Å². The summed E-state index contributed by atoms with van der Waals surface area (Å²) in [7, 11) is 1.97. The van der Waals surface area contributed by atoms with Gasteiger partial charge in [-0.15, -0.1) is 0 Å².